The third-order valence-corrected chi connectivity index (χ3v) is 6.34. The highest BCUT2D eigenvalue weighted by atomic mass is 127. The molecule has 0 aliphatic heterocycles. The van der Waals surface area contributed by atoms with E-state index in [2.05, 4.69) is 77.4 Å². The number of thiocarbonyl (C=S) groups is 1. The smallest absolute Gasteiger partial charge is 0.187 e. The summed E-state index contributed by atoms with van der Waals surface area (Å²) in [6.07, 6.45) is 1.69. The molecule has 190 valence electrons. The van der Waals surface area contributed by atoms with Gasteiger partial charge in [0.05, 0.1) is 16.9 Å². The Labute approximate surface area is 232 Å². The molecule has 0 atom stereocenters. The van der Waals surface area contributed by atoms with Gasteiger partial charge >= 0.3 is 0 Å². The van der Waals surface area contributed by atoms with Crippen molar-refractivity contribution in [2.75, 3.05) is 20.3 Å². The van der Waals surface area contributed by atoms with E-state index in [9.17, 15) is 0 Å². The van der Waals surface area contributed by atoms with E-state index in [0.29, 0.717) is 42.3 Å². The van der Waals surface area contributed by atoms with E-state index in [1.807, 2.05) is 42.5 Å². The number of benzene rings is 3. The number of nitrogens with one attached hydrogen (secondary N) is 2. The molecule has 0 saturated carbocycles. The number of hydrazone groups is 1. The van der Waals surface area contributed by atoms with Crippen LogP contribution in [0.5, 0.6) is 17.2 Å². The summed E-state index contributed by atoms with van der Waals surface area (Å²) in [5.41, 5.74) is 7.22. The average Bonchev–Trinajstić information content (AvgIpc) is 2.86. The van der Waals surface area contributed by atoms with E-state index in [4.69, 9.17) is 26.4 Å². The number of rotatable bonds is 11. The van der Waals surface area contributed by atoms with Crippen molar-refractivity contribution >= 4 is 46.1 Å². The van der Waals surface area contributed by atoms with E-state index in [1.165, 1.54) is 11.1 Å². The fourth-order valence-electron chi connectivity index (χ4n) is 3.48. The Morgan fingerprint density at radius 2 is 1.78 bits per heavy atom. The monoisotopic (exact) mass is 617 g/mol. The number of ether oxygens (including phenoxy) is 3. The summed E-state index contributed by atoms with van der Waals surface area (Å²) < 4.78 is 18.6. The lowest BCUT2D eigenvalue weighted by atomic mass is 10.0. The van der Waals surface area contributed by atoms with Crippen molar-refractivity contribution < 1.29 is 14.2 Å². The summed E-state index contributed by atoms with van der Waals surface area (Å²) in [5, 5.41) is 7.82. The fourth-order valence-corrected chi connectivity index (χ4v) is 4.38. The predicted octanol–water partition coefficient (Wildman–Crippen LogP) is 6.19. The highest BCUT2D eigenvalue weighted by Gasteiger charge is 2.12. The van der Waals surface area contributed by atoms with Gasteiger partial charge in [-0.25, -0.2) is 0 Å². The predicted molar refractivity (Wildman–Crippen MR) is 159 cm³/mol. The zero-order valence-corrected chi connectivity index (χ0v) is 24.0. The van der Waals surface area contributed by atoms with Crippen LogP contribution in [0.25, 0.3) is 0 Å². The second kappa shape index (κ2) is 14.0. The minimum Gasteiger partial charge on any atom is -0.493 e. The van der Waals surface area contributed by atoms with Gasteiger partial charge in [0.1, 0.15) is 19.0 Å². The summed E-state index contributed by atoms with van der Waals surface area (Å²) >= 11 is 7.53. The Kier molecular flexibility index (Phi) is 10.8. The van der Waals surface area contributed by atoms with Crippen LogP contribution < -0.4 is 25.0 Å². The summed E-state index contributed by atoms with van der Waals surface area (Å²) in [5.74, 6) is 2.61. The number of aryl methyl sites for hydroxylation is 1. The molecule has 0 amide bonds. The van der Waals surface area contributed by atoms with Gasteiger partial charge < -0.3 is 19.5 Å². The van der Waals surface area contributed by atoms with Gasteiger partial charge in [0, 0.05) is 6.54 Å². The molecular weight excluding hydrogens is 585 g/mol. The maximum absolute atomic E-state index is 6.05. The summed E-state index contributed by atoms with van der Waals surface area (Å²) in [7, 11) is 1.62. The van der Waals surface area contributed by atoms with Gasteiger partial charge in [0.15, 0.2) is 16.6 Å². The van der Waals surface area contributed by atoms with E-state index in [1.54, 1.807) is 13.3 Å². The molecule has 0 radical (unpaired) electrons. The molecule has 36 heavy (non-hydrogen) atoms. The highest BCUT2D eigenvalue weighted by molar-refractivity contribution is 14.1. The first-order valence-electron chi connectivity index (χ1n) is 11.7. The van der Waals surface area contributed by atoms with Gasteiger partial charge in [0.2, 0.25) is 0 Å². The van der Waals surface area contributed by atoms with Crippen molar-refractivity contribution in [3.8, 4) is 17.2 Å². The normalized spacial score (nSPS) is 10.9. The Bertz CT molecular complexity index is 1190. The second-order valence-electron chi connectivity index (χ2n) is 8.47. The average molecular weight is 618 g/mol. The van der Waals surface area contributed by atoms with Gasteiger partial charge in [-0.1, -0.05) is 56.3 Å². The molecule has 0 aromatic heterocycles. The van der Waals surface area contributed by atoms with Crippen LogP contribution in [0.1, 0.15) is 42.0 Å². The van der Waals surface area contributed by atoms with Crippen molar-refractivity contribution in [2.45, 2.75) is 33.2 Å². The zero-order valence-electron chi connectivity index (χ0n) is 21.0. The van der Waals surface area contributed by atoms with Gasteiger partial charge in [0.25, 0.3) is 0 Å². The molecule has 2 N–H and O–H groups in total. The molecule has 0 aliphatic carbocycles. The number of nitrogens with zero attached hydrogens (tertiary/aromatic N) is 1. The van der Waals surface area contributed by atoms with Gasteiger partial charge in [-0.2, -0.15) is 5.10 Å². The quantitative estimate of drug-likeness (QED) is 0.0881. The van der Waals surface area contributed by atoms with Crippen molar-refractivity contribution in [3.05, 3.63) is 86.5 Å². The summed E-state index contributed by atoms with van der Waals surface area (Å²) in [6, 6.07) is 20.2. The number of hydrogen-bond acceptors (Lipinski definition) is 5. The molecule has 3 aromatic carbocycles. The van der Waals surface area contributed by atoms with Crippen LogP contribution in [0.3, 0.4) is 0 Å². The maximum Gasteiger partial charge on any atom is 0.187 e. The van der Waals surface area contributed by atoms with E-state index in [-0.39, 0.29) is 0 Å². The topological polar surface area (TPSA) is 64.1 Å². The van der Waals surface area contributed by atoms with Crippen molar-refractivity contribution in [1.82, 2.24) is 10.7 Å². The van der Waals surface area contributed by atoms with Crippen molar-refractivity contribution in [1.29, 1.82) is 0 Å². The standard InChI is InChI=1S/C28H32IN3O3S/c1-19(2)23-11-10-20(3)14-25(23)34-12-13-35-27-24(29)15-22(16-26(27)33-4)18-31-32-28(36)30-17-21-8-6-5-7-9-21/h5-11,14-16,18-19H,12-13,17H2,1-4H3,(H2,30,32,36)/b31-18-. The molecule has 6 nitrogen and oxygen atoms in total. The first-order valence-corrected chi connectivity index (χ1v) is 13.2. The first kappa shape index (κ1) is 27.7. The lowest BCUT2D eigenvalue weighted by molar-refractivity contribution is 0.209. The zero-order chi connectivity index (χ0) is 25.9. The molecule has 0 heterocycles. The van der Waals surface area contributed by atoms with Crippen molar-refractivity contribution in [2.24, 2.45) is 5.10 Å². The van der Waals surface area contributed by atoms with E-state index >= 15 is 0 Å². The van der Waals surface area contributed by atoms with E-state index < -0.39 is 0 Å². The fraction of sp³-hybridized carbons (Fsp3) is 0.286. The van der Waals surface area contributed by atoms with Crippen molar-refractivity contribution in [3.63, 3.8) is 0 Å². The van der Waals surface area contributed by atoms with Crippen LogP contribution in [0, 0.1) is 10.5 Å². The van der Waals surface area contributed by atoms with Crippen LogP contribution in [-0.2, 0) is 6.54 Å². The molecule has 0 saturated heterocycles. The lowest BCUT2D eigenvalue weighted by Gasteiger charge is -2.16. The molecule has 0 bridgehead atoms. The van der Waals surface area contributed by atoms with Gasteiger partial charge in [-0.3, -0.25) is 5.43 Å². The molecule has 0 unspecified atom stereocenters. The summed E-state index contributed by atoms with van der Waals surface area (Å²) in [6.45, 7) is 7.85. The molecule has 0 fully saturated rings. The van der Waals surface area contributed by atoms with Crippen LogP contribution in [0.4, 0.5) is 0 Å². The minimum absolute atomic E-state index is 0.389. The lowest BCUT2D eigenvalue weighted by Crippen LogP contribution is -2.31. The maximum atomic E-state index is 6.05. The van der Waals surface area contributed by atoms with Crippen LogP contribution >= 0.6 is 34.8 Å². The molecule has 0 aliphatic rings. The molecule has 0 spiro atoms. The third-order valence-electron chi connectivity index (χ3n) is 5.31. The molecular formula is C28H32IN3O3S. The van der Waals surface area contributed by atoms with Gasteiger partial charge in [-0.05, 0) is 88.1 Å². The largest absolute Gasteiger partial charge is 0.493 e. The molecule has 3 rings (SSSR count). The van der Waals surface area contributed by atoms with Crippen LogP contribution in [-0.4, -0.2) is 31.7 Å². The summed E-state index contributed by atoms with van der Waals surface area (Å²) in [4.78, 5) is 0. The highest BCUT2D eigenvalue weighted by Crippen LogP contribution is 2.34. The van der Waals surface area contributed by atoms with Crippen LogP contribution in [0.2, 0.25) is 0 Å². The first-order chi connectivity index (χ1) is 17.4. The number of methoxy groups -OCH3 is 1. The Morgan fingerprint density at radius 1 is 1.03 bits per heavy atom. The Balaban J connectivity index is 1.53. The van der Waals surface area contributed by atoms with E-state index in [0.717, 1.165) is 20.4 Å². The Hall–Kier alpha value is -2.85. The number of halogens is 1. The second-order valence-corrected chi connectivity index (χ2v) is 10.0. The van der Waals surface area contributed by atoms with Crippen LogP contribution in [0.15, 0.2) is 65.8 Å². The minimum atomic E-state index is 0.389. The van der Waals surface area contributed by atoms with Gasteiger partial charge in [-0.15, -0.1) is 0 Å². The third kappa shape index (κ3) is 8.37. The Morgan fingerprint density at radius 3 is 2.50 bits per heavy atom. The molecule has 8 heteroatoms. The molecule has 3 aromatic rings. The SMILES string of the molecule is COc1cc(/C=N\NC(=S)NCc2ccccc2)cc(I)c1OCCOc1cc(C)ccc1C(C)C. The number of hydrogen-bond donors (Lipinski definition) is 2.